The van der Waals surface area contributed by atoms with Crippen LogP contribution >= 0.6 is 0 Å². The third-order valence-corrected chi connectivity index (χ3v) is 6.00. The first-order chi connectivity index (χ1) is 12.2. The van der Waals surface area contributed by atoms with E-state index in [4.69, 9.17) is 9.73 Å². The number of hydrogen-bond acceptors (Lipinski definition) is 3. The fraction of sp³-hybridized carbons (Fsp3) is 0.950. The van der Waals surface area contributed by atoms with Gasteiger partial charge in [-0.25, -0.2) is 0 Å². The molecule has 1 aliphatic carbocycles. The summed E-state index contributed by atoms with van der Waals surface area (Å²) in [5.41, 5.74) is 0. The second-order valence-corrected chi connectivity index (χ2v) is 8.32. The molecule has 0 aromatic heterocycles. The Morgan fingerprint density at radius 3 is 2.28 bits per heavy atom. The number of morpholine rings is 1. The van der Waals surface area contributed by atoms with E-state index < -0.39 is 0 Å². The lowest BCUT2D eigenvalue weighted by Gasteiger charge is -2.35. The third kappa shape index (κ3) is 5.33. The SMILES string of the molecule is CCNC(=NCCCN1CC(C)OC(C)C1)N1CC2CCCCC2C1. The molecular formula is C20H38N4O. The molecular weight excluding hydrogens is 312 g/mol. The van der Waals surface area contributed by atoms with Crippen molar-refractivity contribution in [3.63, 3.8) is 0 Å². The summed E-state index contributed by atoms with van der Waals surface area (Å²) < 4.78 is 5.82. The molecule has 3 aliphatic rings. The summed E-state index contributed by atoms with van der Waals surface area (Å²) in [6, 6.07) is 0. The zero-order valence-corrected chi connectivity index (χ0v) is 16.5. The summed E-state index contributed by atoms with van der Waals surface area (Å²) in [5, 5.41) is 3.53. The lowest BCUT2D eigenvalue weighted by Crippen LogP contribution is -2.45. The Balaban J connectivity index is 1.46. The van der Waals surface area contributed by atoms with Crippen molar-refractivity contribution in [2.75, 3.05) is 45.8 Å². The number of likely N-dealkylation sites (tertiary alicyclic amines) is 1. The maximum absolute atomic E-state index is 5.82. The fourth-order valence-corrected chi connectivity index (χ4v) is 4.95. The summed E-state index contributed by atoms with van der Waals surface area (Å²) in [4.78, 5) is 10.0. The van der Waals surface area contributed by atoms with Crippen molar-refractivity contribution in [1.29, 1.82) is 0 Å². The first-order valence-corrected chi connectivity index (χ1v) is 10.6. The average Bonchev–Trinajstić information content (AvgIpc) is 3.00. The van der Waals surface area contributed by atoms with Gasteiger partial charge >= 0.3 is 0 Å². The number of rotatable bonds is 5. The van der Waals surface area contributed by atoms with Crippen LogP contribution in [0, 0.1) is 11.8 Å². The van der Waals surface area contributed by atoms with E-state index in [1.54, 1.807) is 0 Å². The quantitative estimate of drug-likeness (QED) is 0.470. The standard InChI is InChI=1S/C20H38N4O/c1-4-21-20(24-14-18-8-5-6-9-19(18)15-24)22-10-7-11-23-12-16(2)25-17(3)13-23/h16-19H,4-15H2,1-3H3,(H,21,22). The highest BCUT2D eigenvalue weighted by Gasteiger charge is 2.35. The van der Waals surface area contributed by atoms with Crippen molar-refractivity contribution in [1.82, 2.24) is 15.1 Å². The van der Waals surface area contributed by atoms with Crippen molar-refractivity contribution in [3.05, 3.63) is 0 Å². The van der Waals surface area contributed by atoms with Gasteiger partial charge in [0.1, 0.15) is 0 Å². The van der Waals surface area contributed by atoms with Gasteiger partial charge in [0.2, 0.25) is 0 Å². The Labute approximate surface area is 154 Å². The number of guanidine groups is 1. The number of aliphatic imine (C=N–C) groups is 1. The molecule has 2 heterocycles. The Morgan fingerprint density at radius 2 is 1.68 bits per heavy atom. The number of nitrogens with one attached hydrogen (secondary N) is 1. The first kappa shape index (κ1) is 19.0. The van der Waals surface area contributed by atoms with Gasteiger partial charge in [-0.3, -0.25) is 9.89 Å². The minimum Gasteiger partial charge on any atom is -0.373 e. The highest BCUT2D eigenvalue weighted by atomic mass is 16.5. The van der Waals surface area contributed by atoms with Crippen molar-refractivity contribution < 1.29 is 4.74 Å². The van der Waals surface area contributed by atoms with Crippen LogP contribution in [0.3, 0.4) is 0 Å². The van der Waals surface area contributed by atoms with Gasteiger partial charge in [0, 0.05) is 45.8 Å². The maximum atomic E-state index is 5.82. The van der Waals surface area contributed by atoms with E-state index in [0.29, 0.717) is 12.2 Å². The van der Waals surface area contributed by atoms with Crippen LogP contribution < -0.4 is 5.32 Å². The zero-order chi connectivity index (χ0) is 17.6. The van der Waals surface area contributed by atoms with Crippen molar-refractivity contribution in [3.8, 4) is 0 Å². The van der Waals surface area contributed by atoms with Crippen LogP contribution in [0.1, 0.15) is 52.9 Å². The van der Waals surface area contributed by atoms with E-state index in [-0.39, 0.29) is 0 Å². The molecule has 0 radical (unpaired) electrons. The van der Waals surface area contributed by atoms with Gasteiger partial charge in [-0.1, -0.05) is 12.8 Å². The molecule has 25 heavy (non-hydrogen) atoms. The molecule has 0 aromatic carbocycles. The molecule has 0 amide bonds. The Hall–Kier alpha value is -0.810. The molecule has 0 bridgehead atoms. The molecule has 0 aromatic rings. The molecule has 5 heteroatoms. The molecule has 1 saturated carbocycles. The van der Waals surface area contributed by atoms with Crippen LogP contribution in [0.25, 0.3) is 0 Å². The largest absolute Gasteiger partial charge is 0.373 e. The maximum Gasteiger partial charge on any atom is 0.193 e. The lowest BCUT2D eigenvalue weighted by atomic mass is 9.82. The molecule has 3 fully saturated rings. The van der Waals surface area contributed by atoms with Crippen molar-refractivity contribution in [2.45, 2.75) is 65.1 Å². The van der Waals surface area contributed by atoms with E-state index in [1.165, 1.54) is 38.8 Å². The molecule has 144 valence electrons. The van der Waals surface area contributed by atoms with Gasteiger partial charge in [-0.05, 0) is 51.9 Å². The molecule has 4 unspecified atom stereocenters. The number of nitrogens with zero attached hydrogens (tertiary/aromatic N) is 3. The van der Waals surface area contributed by atoms with E-state index >= 15 is 0 Å². The Bertz CT molecular complexity index is 417. The van der Waals surface area contributed by atoms with Crippen molar-refractivity contribution in [2.24, 2.45) is 16.8 Å². The predicted octanol–water partition coefficient (Wildman–Crippen LogP) is 2.57. The molecule has 2 aliphatic heterocycles. The third-order valence-electron chi connectivity index (χ3n) is 6.00. The lowest BCUT2D eigenvalue weighted by molar-refractivity contribution is -0.0679. The van der Waals surface area contributed by atoms with E-state index in [1.807, 2.05) is 0 Å². The minimum atomic E-state index is 0.359. The van der Waals surface area contributed by atoms with Crippen LogP contribution in [0.2, 0.25) is 0 Å². The summed E-state index contributed by atoms with van der Waals surface area (Å²) in [6.45, 7) is 14.1. The highest BCUT2D eigenvalue weighted by Crippen LogP contribution is 2.35. The molecule has 0 spiro atoms. The number of ether oxygens (including phenoxy) is 1. The molecule has 4 atom stereocenters. The Kier molecular flexibility index (Phi) is 7.00. The normalized spacial score (nSPS) is 34.2. The van der Waals surface area contributed by atoms with E-state index in [0.717, 1.165) is 56.9 Å². The average molecular weight is 351 g/mol. The van der Waals surface area contributed by atoms with Crippen molar-refractivity contribution >= 4 is 5.96 Å². The van der Waals surface area contributed by atoms with Crippen LogP contribution in [0.15, 0.2) is 4.99 Å². The smallest absolute Gasteiger partial charge is 0.193 e. The monoisotopic (exact) mass is 350 g/mol. The van der Waals surface area contributed by atoms with Gasteiger partial charge in [-0.2, -0.15) is 0 Å². The molecule has 3 rings (SSSR count). The zero-order valence-electron chi connectivity index (χ0n) is 16.5. The van der Waals surface area contributed by atoms with Crippen LogP contribution in [-0.2, 0) is 4.74 Å². The van der Waals surface area contributed by atoms with Gasteiger partial charge in [-0.15, -0.1) is 0 Å². The fourth-order valence-electron chi connectivity index (χ4n) is 4.95. The van der Waals surface area contributed by atoms with Gasteiger partial charge in [0.05, 0.1) is 12.2 Å². The van der Waals surface area contributed by atoms with Crippen LogP contribution in [-0.4, -0.2) is 73.8 Å². The summed E-state index contributed by atoms with van der Waals surface area (Å²) in [7, 11) is 0. The topological polar surface area (TPSA) is 40.1 Å². The number of hydrogen-bond donors (Lipinski definition) is 1. The van der Waals surface area contributed by atoms with E-state index in [9.17, 15) is 0 Å². The van der Waals surface area contributed by atoms with Crippen LogP contribution in [0.4, 0.5) is 0 Å². The van der Waals surface area contributed by atoms with Gasteiger partial charge in [0.15, 0.2) is 5.96 Å². The number of fused-ring (bicyclic) bond motifs is 1. The van der Waals surface area contributed by atoms with Gasteiger partial charge < -0.3 is 15.0 Å². The molecule has 5 nitrogen and oxygen atoms in total. The summed E-state index contributed by atoms with van der Waals surface area (Å²) >= 11 is 0. The second-order valence-electron chi connectivity index (χ2n) is 8.32. The second kappa shape index (κ2) is 9.22. The molecule has 1 N–H and O–H groups in total. The van der Waals surface area contributed by atoms with Crippen LogP contribution in [0.5, 0.6) is 0 Å². The molecule has 2 saturated heterocycles. The first-order valence-electron chi connectivity index (χ1n) is 10.6. The predicted molar refractivity (Wildman–Crippen MR) is 104 cm³/mol. The summed E-state index contributed by atoms with van der Waals surface area (Å²) in [6.07, 6.45) is 7.56. The summed E-state index contributed by atoms with van der Waals surface area (Å²) in [5.74, 6) is 2.98. The minimum absolute atomic E-state index is 0.359. The Morgan fingerprint density at radius 1 is 1.04 bits per heavy atom. The highest BCUT2D eigenvalue weighted by molar-refractivity contribution is 5.80. The van der Waals surface area contributed by atoms with Gasteiger partial charge in [0.25, 0.3) is 0 Å². The van der Waals surface area contributed by atoms with E-state index in [2.05, 4.69) is 35.9 Å².